The van der Waals surface area contributed by atoms with Gasteiger partial charge in [0.05, 0.1) is 10.9 Å². The van der Waals surface area contributed by atoms with Crippen molar-refractivity contribution in [3.63, 3.8) is 0 Å². The van der Waals surface area contributed by atoms with Crippen LogP contribution in [0.3, 0.4) is 0 Å². The second kappa shape index (κ2) is 4.62. The molecule has 0 spiro atoms. The molecule has 3 rings (SSSR count). The number of rotatable bonds is 1. The minimum Gasteiger partial charge on any atom is -0.294 e. The van der Waals surface area contributed by atoms with Gasteiger partial charge < -0.3 is 0 Å². The monoisotopic (exact) mass is 329 g/mol. The molecule has 0 bridgehead atoms. The zero-order chi connectivity index (χ0) is 12.8. The van der Waals surface area contributed by atoms with E-state index in [4.69, 9.17) is 0 Å². The molecule has 0 amide bonds. The first-order valence-corrected chi connectivity index (χ1v) is 8.79. The van der Waals surface area contributed by atoms with Crippen molar-refractivity contribution in [3.05, 3.63) is 29.8 Å². The summed E-state index contributed by atoms with van der Waals surface area (Å²) in [5.41, 5.74) is 0.960. The van der Waals surface area contributed by atoms with Crippen LogP contribution in [0.5, 0.6) is 0 Å². The molecule has 0 aromatic heterocycles. The SMILES string of the molecule is O=S1(=O)c2ccccc2[C@H](N2CCCCC2)[C@@H]1Br. The Balaban J connectivity index is 2.05. The number of fused-ring (bicyclic) bond motifs is 1. The summed E-state index contributed by atoms with van der Waals surface area (Å²) >= 11 is 3.41. The van der Waals surface area contributed by atoms with Gasteiger partial charge in [-0.05, 0) is 37.6 Å². The zero-order valence-electron chi connectivity index (χ0n) is 10.0. The Morgan fingerprint density at radius 3 is 2.50 bits per heavy atom. The number of halogens is 1. The lowest BCUT2D eigenvalue weighted by Crippen LogP contribution is -2.37. The first-order valence-electron chi connectivity index (χ1n) is 6.33. The normalized spacial score (nSPS) is 31.2. The molecule has 2 aliphatic rings. The maximum absolute atomic E-state index is 12.4. The lowest BCUT2D eigenvalue weighted by atomic mass is 10.0. The minimum absolute atomic E-state index is 0.0218. The van der Waals surface area contributed by atoms with E-state index in [1.165, 1.54) is 19.3 Å². The van der Waals surface area contributed by atoms with Crippen molar-refractivity contribution < 1.29 is 8.42 Å². The molecular weight excluding hydrogens is 314 g/mol. The molecule has 0 saturated carbocycles. The number of hydrogen-bond donors (Lipinski definition) is 0. The highest BCUT2D eigenvalue weighted by atomic mass is 79.9. The van der Waals surface area contributed by atoms with E-state index in [2.05, 4.69) is 20.8 Å². The molecule has 1 aromatic rings. The first kappa shape index (κ1) is 12.6. The predicted octanol–water partition coefficient (Wildman–Crippen LogP) is 2.72. The Hall–Kier alpha value is -0.390. The predicted molar refractivity (Wildman–Crippen MR) is 74.5 cm³/mol. The van der Waals surface area contributed by atoms with Gasteiger partial charge in [-0.3, -0.25) is 4.90 Å². The highest BCUT2D eigenvalue weighted by molar-refractivity contribution is 9.11. The second-order valence-corrected chi connectivity index (χ2v) is 8.61. The molecule has 1 fully saturated rings. The molecule has 2 heterocycles. The third kappa shape index (κ3) is 1.84. The molecule has 5 heteroatoms. The van der Waals surface area contributed by atoms with Crippen LogP contribution in [0.25, 0.3) is 0 Å². The van der Waals surface area contributed by atoms with Crippen LogP contribution in [0.4, 0.5) is 0 Å². The number of likely N-dealkylation sites (tertiary alicyclic amines) is 1. The maximum Gasteiger partial charge on any atom is 0.193 e. The van der Waals surface area contributed by atoms with Crippen LogP contribution in [0.15, 0.2) is 29.2 Å². The van der Waals surface area contributed by atoms with Gasteiger partial charge in [0.1, 0.15) is 4.16 Å². The maximum atomic E-state index is 12.4. The van der Waals surface area contributed by atoms with Crippen molar-refractivity contribution in [2.45, 2.75) is 34.4 Å². The van der Waals surface area contributed by atoms with E-state index in [-0.39, 0.29) is 6.04 Å². The average Bonchev–Trinajstić information content (AvgIpc) is 2.60. The van der Waals surface area contributed by atoms with Crippen LogP contribution in [0.1, 0.15) is 30.9 Å². The van der Waals surface area contributed by atoms with E-state index in [1.807, 2.05) is 12.1 Å². The van der Waals surface area contributed by atoms with E-state index >= 15 is 0 Å². The lowest BCUT2D eigenvalue weighted by molar-refractivity contribution is 0.174. The molecule has 0 unspecified atom stereocenters. The molecule has 0 radical (unpaired) electrons. The number of piperidine rings is 1. The van der Waals surface area contributed by atoms with E-state index < -0.39 is 14.0 Å². The molecule has 1 saturated heterocycles. The Morgan fingerprint density at radius 2 is 1.78 bits per heavy atom. The van der Waals surface area contributed by atoms with Crippen LogP contribution in [-0.4, -0.2) is 30.6 Å². The van der Waals surface area contributed by atoms with Gasteiger partial charge in [0.2, 0.25) is 0 Å². The Morgan fingerprint density at radius 1 is 1.11 bits per heavy atom. The Labute approximate surface area is 116 Å². The van der Waals surface area contributed by atoms with Crippen LogP contribution < -0.4 is 0 Å². The topological polar surface area (TPSA) is 37.4 Å². The molecule has 2 atom stereocenters. The van der Waals surface area contributed by atoms with Crippen LogP contribution in [-0.2, 0) is 9.84 Å². The van der Waals surface area contributed by atoms with E-state index in [0.29, 0.717) is 4.90 Å². The summed E-state index contributed by atoms with van der Waals surface area (Å²) in [6, 6.07) is 7.38. The van der Waals surface area contributed by atoms with Gasteiger partial charge in [-0.2, -0.15) is 0 Å². The van der Waals surface area contributed by atoms with E-state index in [0.717, 1.165) is 18.7 Å². The van der Waals surface area contributed by atoms with Crippen molar-refractivity contribution in [2.24, 2.45) is 0 Å². The summed E-state index contributed by atoms with van der Waals surface area (Å²) in [4.78, 5) is 2.81. The number of sulfone groups is 1. The van der Waals surface area contributed by atoms with Gasteiger partial charge in [0, 0.05) is 0 Å². The van der Waals surface area contributed by atoms with E-state index in [9.17, 15) is 8.42 Å². The number of nitrogens with zero attached hydrogens (tertiary/aromatic N) is 1. The quantitative estimate of drug-likeness (QED) is 0.743. The number of benzene rings is 1. The third-order valence-corrected chi connectivity index (χ3v) is 7.69. The molecule has 0 aliphatic carbocycles. The summed E-state index contributed by atoms with van der Waals surface area (Å²) in [5, 5.41) is 0. The summed E-state index contributed by atoms with van der Waals surface area (Å²) in [5.74, 6) is 0. The largest absolute Gasteiger partial charge is 0.294 e. The summed E-state index contributed by atoms with van der Waals surface area (Å²) < 4.78 is 24.2. The van der Waals surface area contributed by atoms with Crippen LogP contribution >= 0.6 is 15.9 Å². The smallest absolute Gasteiger partial charge is 0.193 e. The molecular formula is C13H16BrNO2S. The highest BCUT2D eigenvalue weighted by Crippen LogP contribution is 2.45. The van der Waals surface area contributed by atoms with Gasteiger partial charge in [0.25, 0.3) is 0 Å². The van der Waals surface area contributed by atoms with Gasteiger partial charge >= 0.3 is 0 Å². The van der Waals surface area contributed by atoms with Crippen molar-refractivity contribution in [3.8, 4) is 0 Å². The second-order valence-electron chi connectivity index (χ2n) is 4.98. The molecule has 98 valence electrons. The van der Waals surface area contributed by atoms with Gasteiger partial charge in [-0.15, -0.1) is 0 Å². The van der Waals surface area contributed by atoms with Crippen LogP contribution in [0.2, 0.25) is 0 Å². The fraction of sp³-hybridized carbons (Fsp3) is 0.538. The van der Waals surface area contributed by atoms with Crippen molar-refractivity contribution in [2.75, 3.05) is 13.1 Å². The molecule has 1 aromatic carbocycles. The standard InChI is InChI=1S/C13H16BrNO2S/c14-13-12(15-8-4-1-5-9-15)10-6-2-3-7-11(10)18(13,16)17/h2-3,6-7,12-13H,1,4-5,8-9H2/t12-,13+/m0/s1. The van der Waals surface area contributed by atoms with Crippen molar-refractivity contribution >= 4 is 25.8 Å². The van der Waals surface area contributed by atoms with Gasteiger partial charge in [-0.25, -0.2) is 8.42 Å². The first-order chi connectivity index (χ1) is 8.62. The third-order valence-electron chi connectivity index (χ3n) is 3.87. The summed E-state index contributed by atoms with van der Waals surface area (Å²) in [6.07, 6.45) is 3.58. The molecule has 18 heavy (non-hydrogen) atoms. The van der Waals surface area contributed by atoms with Crippen molar-refractivity contribution in [1.29, 1.82) is 0 Å². The Bertz CT molecular complexity index is 552. The fourth-order valence-electron chi connectivity index (χ4n) is 2.98. The molecule has 2 aliphatic heterocycles. The van der Waals surface area contributed by atoms with Crippen LogP contribution in [0, 0.1) is 0 Å². The number of alkyl halides is 1. The lowest BCUT2D eigenvalue weighted by Gasteiger charge is -2.33. The van der Waals surface area contributed by atoms with Gasteiger partial charge in [0.15, 0.2) is 9.84 Å². The Kier molecular flexibility index (Phi) is 3.24. The average molecular weight is 330 g/mol. The van der Waals surface area contributed by atoms with E-state index in [1.54, 1.807) is 12.1 Å². The fourth-order valence-corrected chi connectivity index (χ4v) is 5.88. The summed E-state index contributed by atoms with van der Waals surface area (Å²) in [6.45, 7) is 1.99. The van der Waals surface area contributed by atoms with Crippen molar-refractivity contribution in [1.82, 2.24) is 4.90 Å². The zero-order valence-corrected chi connectivity index (χ0v) is 12.5. The van der Waals surface area contributed by atoms with Gasteiger partial charge in [-0.1, -0.05) is 40.5 Å². The minimum atomic E-state index is -3.21. The highest BCUT2D eigenvalue weighted by Gasteiger charge is 2.46. The number of hydrogen-bond acceptors (Lipinski definition) is 3. The molecule has 0 N–H and O–H groups in total. The molecule has 3 nitrogen and oxygen atoms in total. The summed E-state index contributed by atoms with van der Waals surface area (Å²) in [7, 11) is -3.21.